The lowest BCUT2D eigenvalue weighted by molar-refractivity contribution is -0.274. The average molecular weight is 371 g/mol. The second-order valence-electron chi connectivity index (χ2n) is 5.47. The highest BCUT2D eigenvalue weighted by Gasteiger charge is 2.30. The quantitative estimate of drug-likeness (QED) is 0.687. The lowest BCUT2D eigenvalue weighted by Crippen LogP contribution is -2.27. The van der Waals surface area contributed by atoms with E-state index in [1.54, 1.807) is 13.1 Å². The van der Waals surface area contributed by atoms with E-state index < -0.39 is 12.2 Å². The minimum absolute atomic E-state index is 0.0163. The molecular weight excluding hydrogens is 354 g/mol. The van der Waals surface area contributed by atoms with Crippen molar-refractivity contribution in [1.29, 1.82) is 0 Å². The summed E-state index contributed by atoms with van der Waals surface area (Å²) in [5.74, 6) is -0.997. The Morgan fingerprint density at radius 1 is 1.08 bits per heavy atom. The Bertz CT molecular complexity index is 732. The molecule has 0 aromatic heterocycles. The van der Waals surface area contributed by atoms with Crippen LogP contribution in [0.15, 0.2) is 48.5 Å². The van der Waals surface area contributed by atoms with E-state index in [1.807, 2.05) is 0 Å². The van der Waals surface area contributed by atoms with Gasteiger partial charge in [0.2, 0.25) is 5.91 Å². The largest absolute Gasteiger partial charge is 0.573 e. The van der Waals surface area contributed by atoms with Crippen LogP contribution >= 0.6 is 0 Å². The molecule has 8 heteroatoms. The molecule has 0 saturated carbocycles. The molecule has 2 aromatic carbocycles. The maximum absolute atomic E-state index is 13.4. The summed E-state index contributed by atoms with van der Waals surface area (Å²) < 4.78 is 58.7. The van der Waals surface area contributed by atoms with Crippen LogP contribution in [0.1, 0.15) is 12.0 Å². The zero-order chi connectivity index (χ0) is 19.2. The molecule has 0 radical (unpaired) electrons. The average Bonchev–Trinajstić information content (AvgIpc) is 2.57. The van der Waals surface area contributed by atoms with Gasteiger partial charge in [0.05, 0.1) is 13.0 Å². The zero-order valence-electron chi connectivity index (χ0n) is 13.9. The second-order valence-corrected chi connectivity index (χ2v) is 5.47. The molecule has 4 nitrogen and oxygen atoms in total. The summed E-state index contributed by atoms with van der Waals surface area (Å²) in [5.41, 5.74) is 0.644. The Kier molecular flexibility index (Phi) is 6.43. The van der Waals surface area contributed by atoms with Crippen LogP contribution in [-0.2, 0) is 11.3 Å². The van der Waals surface area contributed by atoms with E-state index >= 15 is 0 Å². The standard InChI is InChI=1S/C18H17F4NO3/c1-23(12-13-6-8-14(9-7-13)26-18(20,21)22)17(24)10-11-25-16-5-3-2-4-15(16)19/h2-9H,10-12H2,1H3. The number of amides is 1. The normalized spacial score (nSPS) is 11.1. The first-order valence-corrected chi connectivity index (χ1v) is 7.70. The number of ether oxygens (including phenoxy) is 2. The van der Waals surface area contributed by atoms with Gasteiger partial charge in [0.15, 0.2) is 11.6 Å². The maximum Gasteiger partial charge on any atom is 0.573 e. The number of para-hydroxylation sites is 1. The van der Waals surface area contributed by atoms with Gasteiger partial charge in [-0.3, -0.25) is 4.79 Å². The number of hydrogen-bond donors (Lipinski definition) is 0. The van der Waals surface area contributed by atoms with E-state index in [-0.39, 0.29) is 37.0 Å². The molecule has 2 rings (SSSR count). The van der Waals surface area contributed by atoms with Gasteiger partial charge >= 0.3 is 6.36 Å². The van der Waals surface area contributed by atoms with Gasteiger partial charge < -0.3 is 14.4 Å². The third-order valence-corrected chi connectivity index (χ3v) is 3.41. The predicted molar refractivity (Wildman–Crippen MR) is 86.1 cm³/mol. The number of rotatable bonds is 7. The number of nitrogens with zero attached hydrogens (tertiary/aromatic N) is 1. The van der Waals surface area contributed by atoms with Gasteiger partial charge in [0.25, 0.3) is 0 Å². The van der Waals surface area contributed by atoms with Crippen molar-refractivity contribution in [2.24, 2.45) is 0 Å². The summed E-state index contributed by atoms with van der Waals surface area (Å²) in [7, 11) is 1.56. The van der Waals surface area contributed by atoms with Crippen molar-refractivity contribution in [3.8, 4) is 11.5 Å². The van der Waals surface area contributed by atoms with E-state index in [2.05, 4.69) is 4.74 Å². The highest BCUT2D eigenvalue weighted by molar-refractivity contribution is 5.76. The second kappa shape index (κ2) is 8.55. The highest BCUT2D eigenvalue weighted by Crippen LogP contribution is 2.23. The van der Waals surface area contributed by atoms with Crippen LogP contribution in [0.25, 0.3) is 0 Å². The van der Waals surface area contributed by atoms with Crippen molar-refractivity contribution < 1.29 is 31.8 Å². The Hall–Kier alpha value is -2.77. The molecule has 0 aliphatic rings. The van der Waals surface area contributed by atoms with Gasteiger partial charge in [-0.15, -0.1) is 13.2 Å². The van der Waals surface area contributed by atoms with Crippen LogP contribution in [-0.4, -0.2) is 30.8 Å². The van der Waals surface area contributed by atoms with Crippen molar-refractivity contribution in [3.05, 3.63) is 59.9 Å². The molecule has 2 aromatic rings. The summed E-state index contributed by atoms with van der Waals surface area (Å²) in [6.07, 6.45) is -4.70. The summed E-state index contributed by atoms with van der Waals surface area (Å²) in [4.78, 5) is 13.5. The first-order chi connectivity index (χ1) is 12.2. The predicted octanol–water partition coefficient (Wildman–Crippen LogP) is 4.15. The number of hydrogen-bond acceptors (Lipinski definition) is 3. The Morgan fingerprint density at radius 2 is 1.73 bits per heavy atom. The molecule has 0 spiro atoms. The van der Waals surface area contributed by atoms with Crippen molar-refractivity contribution >= 4 is 5.91 Å². The van der Waals surface area contributed by atoms with E-state index in [0.717, 1.165) is 0 Å². The fourth-order valence-corrected chi connectivity index (χ4v) is 2.16. The van der Waals surface area contributed by atoms with Crippen LogP contribution < -0.4 is 9.47 Å². The number of benzene rings is 2. The van der Waals surface area contributed by atoms with Crippen LogP contribution in [0.3, 0.4) is 0 Å². The van der Waals surface area contributed by atoms with E-state index in [1.165, 1.54) is 47.4 Å². The van der Waals surface area contributed by atoms with Crippen LogP contribution in [0.2, 0.25) is 0 Å². The van der Waals surface area contributed by atoms with Crippen molar-refractivity contribution in [1.82, 2.24) is 4.90 Å². The van der Waals surface area contributed by atoms with Gasteiger partial charge in [0.1, 0.15) is 5.75 Å². The summed E-state index contributed by atoms with van der Waals surface area (Å²) in [6, 6.07) is 11.1. The molecule has 0 heterocycles. The van der Waals surface area contributed by atoms with Gasteiger partial charge in [-0.05, 0) is 29.8 Å². The zero-order valence-corrected chi connectivity index (χ0v) is 13.9. The Morgan fingerprint density at radius 3 is 2.35 bits per heavy atom. The summed E-state index contributed by atoms with van der Waals surface area (Å²) >= 11 is 0. The van der Waals surface area contributed by atoms with Crippen LogP contribution in [0.5, 0.6) is 11.5 Å². The third kappa shape index (κ3) is 6.27. The molecule has 26 heavy (non-hydrogen) atoms. The Labute approximate surface area is 147 Å². The molecule has 0 N–H and O–H groups in total. The molecule has 0 bridgehead atoms. The third-order valence-electron chi connectivity index (χ3n) is 3.41. The van der Waals surface area contributed by atoms with Gasteiger partial charge in [-0.2, -0.15) is 0 Å². The minimum Gasteiger partial charge on any atom is -0.490 e. The number of carbonyl (C=O) groups excluding carboxylic acids is 1. The fraction of sp³-hybridized carbons (Fsp3) is 0.278. The molecule has 1 amide bonds. The van der Waals surface area contributed by atoms with Gasteiger partial charge in [-0.1, -0.05) is 24.3 Å². The van der Waals surface area contributed by atoms with Crippen molar-refractivity contribution in [3.63, 3.8) is 0 Å². The summed E-state index contributed by atoms with van der Waals surface area (Å²) in [6.45, 7) is 0.229. The van der Waals surface area contributed by atoms with Crippen LogP contribution in [0, 0.1) is 5.82 Å². The summed E-state index contributed by atoms with van der Waals surface area (Å²) in [5, 5.41) is 0. The first kappa shape index (κ1) is 19.6. The minimum atomic E-state index is -4.74. The Balaban J connectivity index is 1.80. The topological polar surface area (TPSA) is 38.8 Å². The maximum atomic E-state index is 13.4. The molecule has 0 atom stereocenters. The molecule has 0 unspecified atom stereocenters. The van der Waals surface area contributed by atoms with E-state index in [4.69, 9.17) is 4.74 Å². The molecule has 0 saturated heterocycles. The van der Waals surface area contributed by atoms with Gasteiger partial charge in [-0.25, -0.2) is 4.39 Å². The molecule has 0 fully saturated rings. The lowest BCUT2D eigenvalue weighted by atomic mass is 10.2. The van der Waals surface area contributed by atoms with Crippen LogP contribution in [0.4, 0.5) is 17.6 Å². The van der Waals surface area contributed by atoms with Crippen molar-refractivity contribution in [2.75, 3.05) is 13.7 Å². The lowest BCUT2D eigenvalue weighted by Gasteiger charge is -2.18. The van der Waals surface area contributed by atoms with Gasteiger partial charge in [0, 0.05) is 13.6 Å². The SMILES string of the molecule is CN(Cc1ccc(OC(F)(F)F)cc1)C(=O)CCOc1ccccc1F. The molecular formula is C18H17F4NO3. The fourth-order valence-electron chi connectivity index (χ4n) is 2.16. The number of halogens is 4. The molecule has 0 aliphatic carbocycles. The molecule has 140 valence electrons. The first-order valence-electron chi connectivity index (χ1n) is 7.70. The van der Waals surface area contributed by atoms with E-state index in [9.17, 15) is 22.4 Å². The number of carbonyl (C=O) groups is 1. The molecule has 0 aliphatic heterocycles. The number of alkyl halides is 3. The smallest absolute Gasteiger partial charge is 0.490 e. The monoisotopic (exact) mass is 371 g/mol. The highest BCUT2D eigenvalue weighted by atomic mass is 19.4. The van der Waals surface area contributed by atoms with E-state index in [0.29, 0.717) is 5.56 Å². The van der Waals surface area contributed by atoms with Crippen molar-refractivity contribution in [2.45, 2.75) is 19.3 Å².